The van der Waals surface area contributed by atoms with Gasteiger partial charge in [0.15, 0.2) is 0 Å². The largest absolute Gasteiger partial charge is 0.507 e. The van der Waals surface area contributed by atoms with Crippen LogP contribution in [0, 0.1) is 6.92 Å². The first-order chi connectivity index (χ1) is 6.68. The van der Waals surface area contributed by atoms with Crippen molar-refractivity contribution in [2.45, 2.75) is 6.92 Å². The van der Waals surface area contributed by atoms with Crippen molar-refractivity contribution in [2.24, 2.45) is 0 Å². The molecule has 0 bridgehead atoms. The van der Waals surface area contributed by atoms with Gasteiger partial charge in [-0.3, -0.25) is 0 Å². The van der Waals surface area contributed by atoms with Gasteiger partial charge in [0.05, 0.1) is 0 Å². The highest BCUT2D eigenvalue weighted by molar-refractivity contribution is 6.31. The fourth-order valence-corrected chi connectivity index (χ4v) is 1.54. The summed E-state index contributed by atoms with van der Waals surface area (Å²) < 4.78 is 0. The van der Waals surface area contributed by atoms with Crippen molar-refractivity contribution in [3.63, 3.8) is 0 Å². The molecule has 0 aliphatic heterocycles. The van der Waals surface area contributed by atoms with Gasteiger partial charge >= 0.3 is 0 Å². The number of aromatic hydroxyl groups is 1. The molecule has 2 aromatic rings. The number of H-pyrrole nitrogens is 1. The molecule has 3 heteroatoms. The first-order valence-electron chi connectivity index (χ1n) is 4.31. The summed E-state index contributed by atoms with van der Waals surface area (Å²) in [7, 11) is 0. The van der Waals surface area contributed by atoms with E-state index in [1.54, 1.807) is 12.1 Å². The zero-order valence-corrected chi connectivity index (χ0v) is 8.47. The molecule has 0 radical (unpaired) electrons. The van der Waals surface area contributed by atoms with Crippen LogP contribution >= 0.6 is 11.6 Å². The van der Waals surface area contributed by atoms with Crippen molar-refractivity contribution in [1.82, 2.24) is 4.98 Å². The molecule has 0 amide bonds. The van der Waals surface area contributed by atoms with Crippen LogP contribution in [0.4, 0.5) is 0 Å². The Morgan fingerprint density at radius 1 is 1.36 bits per heavy atom. The molecule has 72 valence electrons. The number of benzene rings is 1. The Kier molecular flexibility index (Phi) is 2.22. The van der Waals surface area contributed by atoms with E-state index in [9.17, 15) is 5.11 Å². The Hall–Kier alpha value is -1.41. The standard InChI is InChI=1S/C11H10ClNO/c1-7-5-11(14)8(6-9(7)12)10-3-2-4-13-10/h2-6,13-14H,1H3. The summed E-state index contributed by atoms with van der Waals surface area (Å²) in [6.07, 6.45) is 1.81. The maximum absolute atomic E-state index is 9.71. The lowest BCUT2D eigenvalue weighted by molar-refractivity contribution is 0.476. The van der Waals surface area contributed by atoms with E-state index in [1.807, 2.05) is 25.3 Å². The summed E-state index contributed by atoms with van der Waals surface area (Å²) in [6, 6.07) is 7.19. The van der Waals surface area contributed by atoms with Crippen LogP contribution in [-0.4, -0.2) is 10.1 Å². The van der Waals surface area contributed by atoms with Gasteiger partial charge in [0.1, 0.15) is 5.75 Å². The summed E-state index contributed by atoms with van der Waals surface area (Å²) in [5.74, 6) is 0.245. The monoisotopic (exact) mass is 207 g/mol. The number of phenols is 1. The second kappa shape index (κ2) is 3.39. The Morgan fingerprint density at radius 2 is 2.14 bits per heavy atom. The Bertz CT molecular complexity index is 449. The third-order valence-corrected chi connectivity index (χ3v) is 2.57. The number of aromatic amines is 1. The summed E-state index contributed by atoms with van der Waals surface area (Å²) >= 11 is 5.98. The second-order valence-electron chi connectivity index (χ2n) is 3.20. The maximum atomic E-state index is 9.71. The van der Waals surface area contributed by atoms with Gasteiger partial charge in [-0.15, -0.1) is 0 Å². The predicted molar refractivity (Wildman–Crippen MR) is 57.6 cm³/mol. The van der Waals surface area contributed by atoms with Crippen molar-refractivity contribution in [1.29, 1.82) is 0 Å². The molecule has 0 spiro atoms. The van der Waals surface area contributed by atoms with Gasteiger partial charge in [-0.2, -0.15) is 0 Å². The average Bonchev–Trinajstić information content (AvgIpc) is 2.64. The number of phenolic OH excluding ortho intramolecular Hbond substituents is 1. The van der Waals surface area contributed by atoms with Gasteiger partial charge in [-0.1, -0.05) is 11.6 Å². The van der Waals surface area contributed by atoms with Crippen molar-refractivity contribution >= 4 is 11.6 Å². The van der Waals surface area contributed by atoms with E-state index in [0.29, 0.717) is 5.02 Å². The van der Waals surface area contributed by atoms with Gasteiger partial charge in [0.2, 0.25) is 0 Å². The van der Waals surface area contributed by atoms with Crippen molar-refractivity contribution in [3.05, 3.63) is 41.0 Å². The lowest BCUT2D eigenvalue weighted by atomic mass is 10.1. The minimum Gasteiger partial charge on any atom is -0.507 e. The number of aromatic nitrogens is 1. The maximum Gasteiger partial charge on any atom is 0.125 e. The lowest BCUT2D eigenvalue weighted by Crippen LogP contribution is -1.82. The molecule has 0 aliphatic rings. The molecule has 0 unspecified atom stereocenters. The lowest BCUT2D eigenvalue weighted by Gasteiger charge is -2.05. The summed E-state index contributed by atoms with van der Waals surface area (Å²) in [5, 5.41) is 10.4. The fraction of sp³-hybridized carbons (Fsp3) is 0.0909. The van der Waals surface area contributed by atoms with E-state index in [1.165, 1.54) is 0 Å². The topological polar surface area (TPSA) is 36.0 Å². The molecule has 0 fully saturated rings. The molecule has 1 heterocycles. The molecule has 0 saturated heterocycles. The number of halogens is 1. The van der Waals surface area contributed by atoms with E-state index in [2.05, 4.69) is 4.98 Å². The van der Waals surface area contributed by atoms with Crippen LogP contribution in [0.3, 0.4) is 0 Å². The SMILES string of the molecule is Cc1cc(O)c(-c2ccc[nH]2)cc1Cl. The van der Waals surface area contributed by atoms with E-state index in [-0.39, 0.29) is 5.75 Å². The third-order valence-electron chi connectivity index (χ3n) is 2.17. The third kappa shape index (κ3) is 1.49. The minimum absolute atomic E-state index is 0.245. The van der Waals surface area contributed by atoms with E-state index in [0.717, 1.165) is 16.8 Å². The van der Waals surface area contributed by atoms with Crippen LogP contribution in [0.5, 0.6) is 5.75 Å². The van der Waals surface area contributed by atoms with Gasteiger partial charge < -0.3 is 10.1 Å². The van der Waals surface area contributed by atoms with Gasteiger partial charge in [0, 0.05) is 22.5 Å². The Morgan fingerprint density at radius 3 is 2.79 bits per heavy atom. The van der Waals surface area contributed by atoms with Crippen LogP contribution in [0.2, 0.25) is 5.02 Å². The van der Waals surface area contributed by atoms with Gasteiger partial charge in [0.25, 0.3) is 0 Å². The quantitative estimate of drug-likeness (QED) is 0.739. The number of hydrogen-bond donors (Lipinski definition) is 2. The first kappa shape index (κ1) is 9.16. The van der Waals surface area contributed by atoms with Crippen LogP contribution in [-0.2, 0) is 0 Å². The second-order valence-corrected chi connectivity index (χ2v) is 3.61. The van der Waals surface area contributed by atoms with E-state index in [4.69, 9.17) is 11.6 Å². The zero-order valence-electron chi connectivity index (χ0n) is 7.71. The van der Waals surface area contributed by atoms with Crippen LogP contribution in [0.1, 0.15) is 5.56 Å². The molecule has 14 heavy (non-hydrogen) atoms. The molecule has 2 N–H and O–H groups in total. The molecule has 0 atom stereocenters. The fourth-order valence-electron chi connectivity index (χ4n) is 1.38. The molecule has 1 aromatic heterocycles. The predicted octanol–water partition coefficient (Wildman–Crippen LogP) is 3.35. The van der Waals surface area contributed by atoms with E-state index < -0.39 is 0 Å². The molecular weight excluding hydrogens is 198 g/mol. The highest BCUT2D eigenvalue weighted by Gasteiger charge is 2.07. The summed E-state index contributed by atoms with van der Waals surface area (Å²) in [6.45, 7) is 1.86. The van der Waals surface area contributed by atoms with Crippen LogP contribution < -0.4 is 0 Å². The molecule has 2 rings (SSSR count). The van der Waals surface area contributed by atoms with Crippen LogP contribution in [0.25, 0.3) is 11.3 Å². The highest BCUT2D eigenvalue weighted by Crippen LogP contribution is 2.32. The Balaban J connectivity index is 2.60. The normalized spacial score (nSPS) is 10.4. The van der Waals surface area contributed by atoms with Crippen molar-refractivity contribution in [2.75, 3.05) is 0 Å². The van der Waals surface area contributed by atoms with Crippen molar-refractivity contribution < 1.29 is 5.11 Å². The summed E-state index contributed by atoms with van der Waals surface area (Å²) in [5.41, 5.74) is 2.47. The van der Waals surface area contributed by atoms with Crippen LogP contribution in [0.15, 0.2) is 30.5 Å². The average molecular weight is 208 g/mol. The molecule has 0 aliphatic carbocycles. The molecule has 2 nitrogen and oxygen atoms in total. The molecule has 1 aromatic carbocycles. The molecule has 0 saturated carbocycles. The van der Waals surface area contributed by atoms with E-state index >= 15 is 0 Å². The van der Waals surface area contributed by atoms with Gasteiger partial charge in [-0.25, -0.2) is 0 Å². The highest BCUT2D eigenvalue weighted by atomic mass is 35.5. The number of rotatable bonds is 1. The summed E-state index contributed by atoms with van der Waals surface area (Å²) in [4.78, 5) is 3.02. The first-order valence-corrected chi connectivity index (χ1v) is 4.69. The number of nitrogens with one attached hydrogen (secondary N) is 1. The number of aryl methyl sites for hydroxylation is 1. The smallest absolute Gasteiger partial charge is 0.125 e. The van der Waals surface area contributed by atoms with Crippen molar-refractivity contribution in [3.8, 4) is 17.0 Å². The number of hydrogen-bond acceptors (Lipinski definition) is 1. The Labute approximate surface area is 87.2 Å². The minimum atomic E-state index is 0.245. The van der Waals surface area contributed by atoms with Gasteiger partial charge in [-0.05, 0) is 36.8 Å². The zero-order chi connectivity index (χ0) is 10.1. The molecular formula is C11H10ClNO.